The summed E-state index contributed by atoms with van der Waals surface area (Å²) in [5, 5.41) is 9.60. The number of nitrogens with zero attached hydrogens (tertiary/aromatic N) is 4. The monoisotopic (exact) mass is 590 g/mol. The molecule has 1 aromatic heterocycles. The smallest absolute Gasteiger partial charge is 0.167 e. The highest BCUT2D eigenvalue weighted by atomic mass is 16.5. The molecule has 0 bridgehead atoms. The van der Waals surface area contributed by atoms with E-state index >= 15 is 0 Å². The number of benzene rings is 6. The fourth-order valence-electron chi connectivity index (χ4n) is 6.47. The highest BCUT2D eigenvalue weighted by molar-refractivity contribution is 5.78. The van der Waals surface area contributed by atoms with E-state index in [-0.39, 0.29) is 0 Å². The molecule has 216 valence electrons. The van der Waals surface area contributed by atoms with Crippen LogP contribution in [-0.2, 0) is 5.41 Å². The second-order valence-corrected chi connectivity index (χ2v) is 11.1. The van der Waals surface area contributed by atoms with Crippen molar-refractivity contribution >= 4 is 0 Å². The number of para-hydroxylation sites is 2. The number of rotatable bonds is 5. The van der Waals surface area contributed by atoms with Crippen molar-refractivity contribution in [3.63, 3.8) is 0 Å². The van der Waals surface area contributed by atoms with Crippen LogP contribution in [0.5, 0.6) is 11.5 Å². The summed E-state index contributed by atoms with van der Waals surface area (Å²) in [6, 6.07) is 55.0. The summed E-state index contributed by atoms with van der Waals surface area (Å²) in [6.07, 6.45) is 0. The molecule has 46 heavy (non-hydrogen) atoms. The van der Waals surface area contributed by atoms with Gasteiger partial charge >= 0.3 is 0 Å². The molecule has 1 aliphatic rings. The maximum absolute atomic E-state index is 9.60. The number of aromatic nitrogens is 3. The van der Waals surface area contributed by atoms with Crippen LogP contribution in [0, 0.1) is 11.3 Å². The average molecular weight is 591 g/mol. The summed E-state index contributed by atoms with van der Waals surface area (Å²) in [6.45, 7) is 0. The van der Waals surface area contributed by atoms with E-state index in [9.17, 15) is 5.26 Å². The molecule has 1 aliphatic heterocycles. The van der Waals surface area contributed by atoms with Crippen molar-refractivity contribution < 1.29 is 4.74 Å². The van der Waals surface area contributed by atoms with Crippen molar-refractivity contribution in [1.82, 2.24) is 15.0 Å². The third kappa shape index (κ3) is 4.44. The van der Waals surface area contributed by atoms with Gasteiger partial charge in [-0.05, 0) is 35.4 Å². The molecule has 0 fully saturated rings. The Bertz CT molecular complexity index is 2200. The van der Waals surface area contributed by atoms with Gasteiger partial charge in [-0.2, -0.15) is 5.26 Å². The molecule has 0 aliphatic carbocycles. The first-order valence-electron chi connectivity index (χ1n) is 15.1. The summed E-state index contributed by atoms with van der Waals surface area (Å²) in [5.41, 5.74) is 6.54. The van der Waals surface area contributed by atoms with Crippen molar-refractivity contribution in [1.29, 1.82) is 5.26 Å². The van der Waals surface area contributed by atoms with Gasteiger partial charge in [0.15, 0.2) is 17.5 Å². The van der Waals surface area contributed by atoms with Crippen molar-refractivity contribution in [2.24, 2.45) is 0 Å². The second kappa shape index (κ2) is 11.3. The van der Waals surface area contributed by atoms with Gasteiger partial charge in [-0.15, -0.1) is 0 Å². The fourth-order valence-corrected chi connectivity index (χ4v) is 6.47. The quantitative estimate of drug-likeness (QED) is 0.200. The normalized spacial score (nSPS) is 12.7. The molecule has 0 saturated heterocycles. The Labute approximate surface area is 267 Å². The average Bonchev–Trinajstić information content (AvgIpc) is 3.14. The lowest BCUT2D eigenvalue weighted by molar-refractivity contribution is 0.436. The summed E-state index contributed by atoms with van der Waals surface area (Å²) in [4.78, 5) is 14.9. The van der Waals surface area contributed by atoms with Crippen LogP contribution in [0.25, 0.3) is 34.2 Å². The molecular formula is C41H26N4O. The number of hydrogen-bond acceptors (Lipinski definition) is 5. The predicted octanol–water partition coefficient (Wildman–Crippen LogP) is 9.23. The van der Waals surface area contributed by atoms with Crippen molar-refractivity contribution in [2.45, 2.75) is 5.41 Å². The minimum atomic E-state index is -0.665. The number of fused-ring (bicyclic) bond motifs is 2. The van der Waals surface area contributed by atoms with Crippen LogP contribution in [0.4, 0.5) is 0 Å². The molecule has 2 heterocycles. The molecule has 7 aromatic rings. The molecule has 0 amide bonds. The van der Waals surface area contributed by atoms with Crippen molar-refractivity contribution in [3.05, 3.63) is 186 Å². The van der Waals surface area contributed by atoms with E-state index in [1.165, 1.54) is 0 Å². The highest BCUT2D eigenvalue weighted by Gasteiger charge is 2.46. The summed E-state index contributed by atoms with van der Waals surface area (Å²) >= 11 is 0. The Balaban J connectivity index is 1.43. The van der Waals surface area contributed by atoms with Crippen molar-refractivity contribution in [2.75, 3.05) is 0 Å². The molecule has 0 atom stereocenters. The highest BCUT2D eigenvalue weighted by Crippen LogP contribution is 2.57. The lowest BCUT2D eigenvalue weighted by Crippen LogP contribution is -2.34. The number of nitriles is 1. The van der Waals surface area contributed by atoms with E-state index in [4.69, 9.17) is 19.7 Å². The zero-order chi connectivity index (χ0) is 30.9. The Morgan fingerprint density at radius 2 is 1.04 bits per heavy atom. The Kier molecular flexibility index (Phi) is 6.67. The first-order valence-corrected chi connectivity index (χ1v) is 15.1. The van der Waals surface area contributed by atoms with Gasteiger partial charge in [-0.25, -0.2) is 15.0 Å². The first-order chi connectivity index (χ1) is 22.8. The van der Waals surface area contributed by atoms with Gasteiger partial charge in [0.25, 0.3) is 0 Å². The van der Waals surface area contributed by atoms with Crippen LogP contribution in [-0.4, -0.2) is 15.0 Å². The molecule has 5 nitrogen and oxygen atoms in total. The third-order valence-electron chi connectivity index (χ3n) is 8.49. The summed E-state index contributed by atoms with van der Waals surface area (Å²) in [5.74, 6) is 2.96. The van der Waals surface area contributed by atoms with Crippen LogP contribution in [0.2, 0.25) is 0 Å². The number of ether oxygens (including phenoxy) is 1. The second-order valence-electron chi connectivity index (χ2n) is 11.1. The molecule has 0 radical (unpaired) electrons. The molecule has 5 heteroatoms. The van der Waals surface area contributed by atoms with E-state index in [0.717, 1.165) is 44.7 Å². The van der Waals surface area contributed by atoms with Crippen LogP contribution >= 0.6 is 0 Å². The van der Waals surface area contributed by atoms with Gasteiger partial charge in [0, 0.05) is 22.3 Å². The first kappa shape index (κ1) is 27.2. The maximum Gasteiger partial charge on any atom is 0.167 e. The lowest BCUT2D eigenvalue weighted by atomic mass is 9.63. The molecule has 0 unspecified atom stereocenters. The molecule has 8 rings (SSSR count). The van der Waals surface area contributed by atoms with E-state index < -0.39 is 5.41 Å². The van der Waals surface area contributed by atoms with Gasteiger partial charge in [0.2, 0.25) is 0 Å². The SMILES string of the molecule is N#Cc1cccc(-c2nc(-c3ccccc3)nc(-c3cccc4c3Oc3ccccc3C4(c3ccccc3)c3ccccc3)n2)c1. The molecule has 0 saturated carbocycles. The van der Waals surface area contributed by atoms with Gasteiger partial charge in [-0.1, -0.05) is 133 Å². The van der Waals surface area contributed by atoms with Crippen LogP contribution < -0.4 is 4.74 Å². The largest absolute Gasteiger partial charge is 0.456 e. The van der Waals surface area contributed by atoms with E-state index in [1.54, 1.807) is 12.1 Å². The third-order valence-corrected chi connectivity index (χ3v) is 8.49. The van der Waals surface area contributed by atoms with Crippen LogP contribution in [0.3, 0.4) is 0 Å². The van der Waals surface area contributed by atoms with Gasteiger partial charge < -0.3 is 4.74 Å². The standard InChI is InChI=1S/C41H26N4O/c42-27-28-14-12-17-30(26-28)39-43-38(29-15-4-1-5-16-29)44-40(45-39)33-22-13-24-35-37(33)46-36-25-11-10-23-34(36)41(35,31-18-6-2-7-19-31)32-20-8-3-9-21-32/h1-26H. The van der Waals surface area contributed by atoms with Crippen LogP contribution in [0.15, 0.2) is 158 Å². The fraction of sp³-hybridized carbons (Fsp3) is 0.0244. The minimum absolute atomic E-state index is 0.479. The lowest BCUT2D eigenvalue weighted by Gasteiger charge is -2.42. The van der Waals surface area contributed by atoms with E-state index in [2.05, 4.69) is 72.8 Å². The summed E-state index contributed by atoms with van der Waals surface area (Å²) in [7, 11) is 0. The Morgan fingerprint density at radius 1 is 0.500 bits per heavy atom. The van der Waals surface area contributed by atoms with Gasteiger partial charge in [0.05, 0.1) is 22.6 Å². The van der Waals surface area contributed by atoms with E-state index in [1.807, 2.05) is 78.9 Å². The maximum atomic E-state index is 9.60. The zero-order valence-electron chi connectivity index (χ0n) is 24.7. The van der Waals surface area contributed by atoms with Gasteiger partial charge in [0.1, 0.15) is 11.5 Å². The topological polar surface area (TPSA) is 71.7 Å². The van der Waals surface area contributed by atoms with Crippen LogP contribution in [0.1, 0.15) is 27.8 Å². The van der Waals surface area contributed by atoms with Gasteiger partial charge in [-0.3, -0.25) is 0 Å². The molecular weight excluding hydrogens is 564 g/mol. The minimum Gasteiger partial charge on any atom is -0.456 e. The summed E-state index contributed by atoms with van der Waals surface area (Å²) < 4.78 is 6.85. The Hall–Kier alpha value is -6.38. The number of hydrogen-bond donors (Lipinski definition) is 0. The predicted molar refractivity (Wildman–Crippen MR) is 179 cm³/mol. The molecule has 6 aromatic carbocycles. The molecule has 0 spiro atoms. The van der Waals surface area contributed by atoms with E-state index in [0.29, 0.717) is 28.8 Å². The Morgan fingerprint density at radius 3 is 1.74 bits per heavy atom. The van der Waals surface area contributed by atoms with Crippen molar-refractivity contribution in [3.8, 4) is 51.7 Å². The molecule has 0 N–H and O–H groups in total. The zero-order valence-corrected chi connectivity index (χ0v) is 24.7.